The number of hydrogen-bond donors (Lipinski definition) is 2. The van der Waals surface area contributed by atoms with Crippen LogP contribution in [-0.4, -0.2) is 22.4 Å². The summed E-state index contributed by atoms with van der Waals surface area (Å²) in [7, 11) is 0. The highest BCUT2D eigenvalue weighted by atomic mass is 16.3. The van der Waals surface area contributed by atoms with Gasteiger partial charge in [0.25, 0.3) is 0 Å². The highest BCUT2D eigenvalue weighted by Crippen LogP contribution is 2.53. The van der Waals surface area contributed by atoms with Crippen molar-refractivity contribution in [3.63, 3.8) is 0 Å². The second-order valence-corrected chi connectivity index (χ2v) is 3.03. The summed E-state index contributed by atoms with van der Waals surface area (Å²) in [5.41, 5.74) is -0.000579. The van der Waals surface area contributed by atoms with E-state index in [2.05, 4.69) is 0 Å². The van der Waals surface area contributed by atoms with Gasteiger partial charge in [-0.05, 0) is 12.8 Å². The molecule has 0 aromatic carbocycles. The Morgan fingerprint density at radius 1 is 1.33 bits per heavy atom. The van der Waals surface area contributed by atoms with Gasteiger partial charge in [0.1, 0.15) is 0 Å². The highest BCUT2D eigenvalue weighted by Gasteiger charge is 2.52. The van der Waals surface area contributed by atoms with Crippen LogP contribution in [0.2, 0.25) is 0 Å². The Balaban J connectivity index is 2.22. The van der Waals surface area contributed by atoms with Gasteiger partial charge in [-0.1, -0.05) is 12.2 Å². The minimum Gasteiger partial charge on any atom is -0.389 e. The van der Waals surface area contributed by atoms with Crippen LogP contribution < -0.4 is 0 Å². The molecule has 0 bridgehead atoms. The molecule has 2 aliphatic carbocycles. The molecular formula is C7H10O2. The molecular weight excluding hydrogens is 116 g/mol. The molecule has 0 aromatic heterocycles. The van der Waals surface area contributed by atoms with Crippen LogP contribution in [0.4, 0.5) is 0 Å². The Hall–Kier alpha value is -0.340. The Morgan fingerprint density at radius 2 is 2.00 bits per heavy atom. The van der Waals surface area contributed by atoms with Gasteiger partial charge in [0.15, 0.2) is 0 Å². The van der Waals surface area contributed by atoms with Crippen LogP contribution in [0.1, 0.15) is 12.8 Å². The van der Waals surface area contributed by atoms with E-state index < -0.39 is 12.2 Å². The second-order valence-electron chi connectivity index (χ2n) is 3.03. The molecule has 2 aliphatic rings. The van der Waals surface area contributed by atoms with Crippen LogP contribution in [0.15, 0.2) is 12.2 Å². The standard InChI is InChI=1S/C7H10O2/c8-5-1-2-7(3-4-7)6(5)9/h1-2,5-6,8-9H,3-4H2/t5-,6-/m0/s1. The van der Waals surface area contributed by atoms with Gasteiger partial charge in [0.05, 0.1) is 12.2 Å². The molecule has 2 rings (SSSR count). The summed E-state index contributed by atoms with van der Waals surface area (Å²) >= 11 is 0. The average Bonchev–Trinajstić information content (AvgIpc) is 2.57. The average molecular weight is 126 g/mol. The third-order valence-corrected chi connectivity index (χ3v) is 2.37. The minimum atomic E-state index is -0.604. The first-order valence-corrected chi connectivity index (χ1v) is 3.30. The molecule has 2 nitrogen and oxygen atoms in total. The van der Waals surface area contributed by atoms with E-state index in [0.29, 0.717) is 0 Å². The van der Waals surface area contributed by atoms with Crippen molar-refractivity contribution in [1.29, 1.82) is 0 Å². The van der Waals surface area contributed by atoms with Crippen molar-refractivity contribution in [2.45, 2.75) is 25.0 Å². The minimum absolute atomic E-state index is 0.000579. The Kier molecular flexibility index (Phi) is 0.838. The molecule has 2 atom stereocenters. The number of hydrogen-bond acceptors (Lipinski definition) is 2. The smallest absolute Gasteiger partial charge is 0.0988 e. The van der Waals surface area contributed by atoms with Crippen LogP contribution >= 0.6 is 0 Å². The zero-order chi connectivity index (χ0) is 6.48. The molecule has 0 radical (unpaired) electrons. The lowest BCUT2D eigenvalue weighted by Gasteiger charge is -2.13. The maximum atomic E-state index is 9.28. The van der Waals surface area contributed by atoms with Crippen molar-refractivity contribution in [1.82, 2.24) is 0 Å². The summed E-state index contributed by atoms with van der Waals surface area (Å²) < 4.78 is 0. The fourth-order valence-corrected chi connectivity index (χ4v) is 1.44. The lowest BCUT2D eigenvalue weighted by Crippen LogP contribution is -2.26. The van der Waals surface area contributed by atoms with Crippen molar-refractivity contribution in [3.8, 4) is 0 Å². The zero-order valence-corrected chi connectivity index (χ0v) is 5.12. The van der Waals surface area contributed by atoms with Crippen molar-refractivity contribution in [2.75, 3.05) is 0 Å². The first kappa shape index (κ1) is 5.45. The van der Waals surface area contributed by atoms with Gasteiger partial charge in [0.2, 0.25) is 0 Å². The van der Waals surface area contributed by atoms with E-state index in [4.69, 9.17) is 5.11 Å². The number of rotatable bonds is 0. The maximum absolute atomic E-state index is 9.28. The van der Waals surface area contributed by atoms with Gasteiger partial charge < -0.3 is 10.2 Å². The monoisotopic (exact) mass is 126 g/mol. The quantitative estimate of drug-likeness (QED) is 0.450. The molecule has 1 fully saturated rings. The largest absolute Gasteiger partial charge is 0.389 e. The fourth-order valence-electron chi connectivity index (χ4n) is 1.44. The van der Waals surface area contributed by atoms with Gasteiger partial charge >= 0.3 is 0 Å². The molecule has 2 N–H and O–H groups in total. The summed E-state index contributed by atoms with van der Waals surface area (Å²) in [4.78, 5) is 0. The third-order valence-electron chi connectivity index (χ3n) is 2.37. The first-order chi connectivity index (χ1) is 4.25. The summed E-state index contributed by atoms with van der Waals surface area (Å²) in [6.45, 7) is 0. The fraction of sp³-hybridized carbons (Fsp3) is 0.714. The van der Waals surface area contributed by atoms with Gasteiger partial charge in [-0.15, -0.1) is 0 Å². The van der Waals surface area contributed by atoms with Crippen molar-refractivity contribution in [2.24, 2.45) is 5.41 Å². The molecule has 0 aromatic rings. The van der Waals surface area contributed by atoms with Crippen LogP contribution in [0, 0.1) is 5.41 Å². The van der Waals surface area contributed by atoms with E-state index in [9.17, 15) is 5.11 Å². The summed E-state index contributed by atoms with van der Waals surface area (Å²) in [6, 6.07) is 0. The van der Waals surface area contributed by atoms with Gasteiger partial charge in [0, 0.05) is 5.41 Å². The molecule has 0 amide bonds. The van der Waals surface area contributed by atoms with Crippen molar-refractivity contribution in [3.05, 3.63) is 12.2 Å². The molecule has 2 heteroatoms. The molecule has 9 heavy (non-hydrogen) atoms. The second kappa shape index (κ2) is 1.39. The van der Waals surface area contributed by atoms with Crippen molar-refractivity contribution >= 4 is 0 Å². The molecule has 0 saturated heterocycles. The molecule has 50 valence electrons. The maximum Gasteiger partial charge on any atom is 0.0988 e. The highest BCUT2D eigenvalue weighted by molar-refractivity contribution is 5.23. The lowest BCUT2D eigenvalue weighted by atomic mass is 10.0. The SMILES string of the molecule is O[C@H]1C=CC2(CC2)[C@H]1O. The Labute approximate surface area is 53.8 Å². The Morgan fingerprint density at radius 3 is 2.22 bits per heavy atom. The third kappa shape index (κ3) is 0.575. The topological polar surface area (TPSA) is 40.5 Å². The van der Waals surface area contributed by atoms with Crippen LogP contribution in [0.3, 0.4) is 0 Å². The van der Waals surface area contributed by atoms with E-state index in [1.165, 1.54) is 0 Å². The predicted molar refractivity (Wildman–Crippen MR) is 32.8 cm³/mol. The van der Waals surface area contributed by atoms with Crippen LogP contribution in [0.5, 0.6) is 0 Å². The van der Waals surface area contributed by atoms with E-state index in [0.717, 1.165) is 12.8 Å². The van der Waals surface area contributed by atoms with Gasteiger partial charge in [-0.25, -0.2) is 0 Å². The van der Waals surface area contributed by atoms with E-state index in [-0.39, 0.29) is 5.41 Å². The molecule has 0 heterocycles. The zero-order valence-electron chi connectivity index (χ0n) is 5.12. The van der Waals surface area contributed by atoms with Gasteiger partial charge in [-0.3, -0.25) is 0 Å². The number of aliphatic hydroxyl groups excluding tert-OH is 2. The van der Waals surface area contributed by atoms with E-state index in [1.54, 1.807) is 6.08 Å². The van der Waals surface area contributed by atoms with E-state index in [1.807, 2.05) is 6.08 Å². The number of aliphatic hydroxyl groups is 2. The van der Waals surface area contributed by atoms with E-state index >= 15 is 0 Å². The van der Waals surface area contributed by atoms with Crippen LogP contribution in [0.25, 0.3) is 0 Å². The summed E-state index contributed by atoms with van der Waals surface area (Å²) in [6.07, 6.45) is 4.61. The lowest BCUT2D eigenvalue weighted by molar-refractivity contribution is 0.0260. The molecule has 0 aliphatic heterocycles. The summed E-state index contributed by atoms with van der Waals surface area (Å²) in [5.74, 6) is 0. The summed E-state index contributed by atoms with van der Waals surface area (Å²) in [5, 5.41) is 18.3. The van der Waals surface area contributed by atoms with Crippen LogP contribution in [-0.2, 0) is 0 Å². The Bertz CT molecular complexity index is 158. The molecule has 1 saturated carbocycles. The van der Waals surface area contributed by atoms with Crippen molar-refractivity contribution < 1.29 is 10.2 Å². The first-order valence-electron chi connectivity index (χ1n) is 3.30. The van der Waals surface area contributed by atoms with Gasteiger partial charge in [-0.2, -0.15) is 0 Å². The molecule has 0 unspecified atom stereocenters. The molecule has 1 spiro atoms. The normalized spacial score (nSPS) is 44.2. The predicted octanol–water partition coefficient (Wildman–Crippen LogP) is 0.0582.